The molecule has 1 saturated carbocycles. The largest absolute Gasteiger partial charge is 0.392 e. The van der Waals surface area contributed by atoms with Crippen molar-refractivity contribution in [3.05, 3.63) is 22.8 Å². The Balaban J connectivity index is 2.07. The monoisotopic (exact) mass is 273 g/mol. The van der Waals surface area contributed by atoms with Crippen molar-refractivity contribution in [1.82, 2.24) is 4.98 Å². The molecule has 1 aliphatic rings. The Labute approximate surface area is 96.3 Å². The molecule has 0 saturated heterocycles. The maximum absolute atomic E-state index is 9.68. The van der Waals surface area contributed by atoms with E-state index in [4.69, 9.17) is 0 Å². The first-order valence-corrected chi connectivity index (χ1v) is 6.40. The van der Waals surface area contributed by atoms with Crippen LogP contribution in [0.5, 0.6) is 0 Å². The molecule has 1 aromatic rings. The number of hydrogen-bond donors (Lipinski definition) is 1. The van der Waals surface area contributed by atoms with Crippen molar-refractivity contribution < 1.29 is 5.11 Å². The molecule has 4 heteroatoms. The van der Waals surface area contributed by atoms with Gasteiger partial charge in [-0.15, -0.1) is 0 Å². The van der Waals surface area contributed by atoms with Crippen molar-refractivity contribution in [2.45, 2.75) is 35.6 Å². The lowest BCUT2D eigenvalue weighted by Crippen LogP contribution is -2.15. The molecule has 0 unspecified atom stereocenters. The maximum Gasteiger partial charge on any atom is 0.111 e. The van der Waals surface area contributed by atoms with Crippen LogP contribution in [-0.4, -0.2) is 21.4 Å². The van der Waals surface area contributed by atoms with Gasteiger partial charge in [-0.05, 0) is 47.3 Å². The molecule has 0 spiro atoms. The summed E-state index contributed by atoms with van der Waals surface area (Å²) in [5, 5.41) is 11.0. The number of aromatic nitrogens is 1. The summed E-state index contributed by atoms with van der Waals surface area (Å²) in [6.45, 7) is 0. The van der Waals surface area contributed by atoms with Crippen molar-refractivity contribution in [3.63, 3.8) is 0 Å². The fourth-order valence-electron chi connectivity index (χ4n) is 1.65. The van der Waals surface area contributed by atoms with Gasteiger partial charge in [0.25, 0.3) is 0 Å². The number of hydrogen-bond acceptors (Lipinski definition) is 3. The number of halogens is 1. The van der Waals surface area contributed by atoms with E-state index in [9.17, 15) is 5.11 Å². The molecule has 0 amide bonds. The van der Waals surface area contributed by atoms with Gasteiger partial charge in [0.05, 0.1) is 6.10 Å². The van der Waals surface area contributed by atoms with Crippen molar-refractivity contribution in [2.24, 2.45) is 0 Å². The van der Waals surface area contributed by atoms with E-state index in [2.05, 4.69) is 20.9 Å². The molecule has 2 nitrogen and oxygen atoms in total. The summed E-state index contributed by atoms with van der Waals surface area (Å²) in [4.78, 5) is 4.28. The van der Waals surface area contributed by atoms with Crippen LogP contribution in [0.4, 0.5) is 0 Å². The molecular formula is C10H12BrNOS. The van der Waals surface area contributed by atoms with Crippen molar-refractivity contribution in [1.29, 1.82) is 0 Å². The van der Waals surface area contributed by atoms with E-state index in [1.807, 2.05) is 12.1 Å². The lowest BCUT2D eigenvalue weighted by atomic mass is 10.3. The summed E-state index contributed by atoms with van der Waals surface area (Å²) in [5.74, 6) is 0. The number of aliphatic hydroxyl groups excluding tert-OH is 1. The van der Waals surface area contributed by atoms with Crippen LogP contribution >= 0.6 is 27.7 Å². The van der Waals surface area contributed by atoms with Crippen LogP contribution in [0.25, 0.3) is 0 Å². The Bertz CT molecular complexity index is 321. The van der Waals surface area contributed by atoms with E-state index in [1.165, 1.54) is 0 Å². The number of pyridine rings is 1. The maximum atomic E-state index is 9.68. The minimum Gasteiger partial charge on any atom is -0.392 e. The van der Waals surface area contributed by atoms with Crippen LogP contribution in [0.15, 0.2) is 27.8 Å². The first-order chi connectivity index (χ1) is 6.77. The number of rotatable bonds is 2. The van der Waals surface area contributed by atoms with Gasteiger partial charge in [-0.25, -0.2) is 4.98 Å². The average Bonchev–Trinajstić information content (AvgIpc) is 2.56. The minimum absolute atomic E-state index is 0.158. The van der Waals surface area contributed by atoms with E-state index >= 15 is 0 Å². The van der Waals surface area contributed by atoms with Crippen LogP contribution < -0.4 is 0 Å². The SMILES string of the molecule is O[C@@H]1CCC[C@H]1Sc1ncccc1Br. The van der Waals surface area contributed by atoms with E-state index in [1.54, 1.807) is 18.0 Å². The van der Waals surface area contributed by atoms with Crippen LogP contribution in [-0.2, 0) is 0 Å². The van der Waals surface area contributed by atoms with E-state index in [0.29, 0.717) is 5.25 Å². The Kier molecular flexibility index (Phi) is 3.47. The summed E-state index contributed by atoms with van der Waals surface area (Å²) >= 11 is 5.14. The Morgan fingerprint density at radius 1 is 1.50 bits per heavy atom. The molecule has 0 aromatic carbocycles. The molecule has 1 aliphatic carbocycles. The van der Waals surface area contributed by atoms with Crippen LogP contribution in [0.2, 0.25) is 0 Å². The molecule has 14 heavy (non-hydrogen) atoms. The zero-order valence-corrected chi connectivity index (χ0v) is 10.1. The highest BCUT2D eigenvalue weighted by molar-refractivity contribution is 9.10. The van der Waals surface area contributed by atoms with Gasteiger partial charge >= 0.3 is 0 Å². The van der Waals surface area contributed by atoms with Gasteiger partial charge < -0.3 is 5.11 Å². The lowest BCUT2D eigenvalue weighted by Gasteiger charge is -2.13. The van der Waals surface area contributed by atoms with Crippen LogP contribution in [0.3, 0.4) is 0 Å². The normalized spacial score (nSPS) is 26.7. The van der Waals surface area contributed by atoms with Gasteiger partial charge in [0.1, 0.15) is 5.03 Å². The predicted octanol–water partition coefficient (Wildman–Crippen LogP) is 2.85. The molecule has 1 aromatic heterocycles. The number of thioether (sulfide) groups is 1. The van der Waals surface area contributed by atoms with Crippen LogP contribution in [0.1, 0.15) is 19.3 Å². The molecule has 0 bridgehead atoms. The second-order valence-corrected chi connectivity index (χ2v) is 5.53. The van der Waals surface area contributed by atoms with Gasteiger partial charge in [-0.3, -0.25) is 0 Å². The third kappa shape index (κ3) is 2.30. The van der Waals surface area contributed by atoms with Gasteiger partial charge in [-0.1, -0.05) is 11.8 Å². The van der Waals surface area contributed by atoms with Crippen molar-refractivity contribution in [2.75, 3.05) is 0 Å². The van der Waals surface area contributed by atoms with Gasteiger partial charge in [0.15, 0.2) is 0 Å². The first-order valence-electron chi connectivity index (χ1n) is 4.72. The van der Waals surface area contributed by atoms with Gasteiger partial charge in [0.2, 0.25) is 0 Å². The lowest BCUT2D eigenvalue weighted by molar-refractivity contribution is 0.188. The summed E-state index contributed by atoms with van der Waals surface area (Å²) in [5.41, 5.74) is 0. The summed E-state index contributed by atoms with van der Waals surface area (Å²) in [6, 6.07) is 3.88. The van der Waals surface area contributed by atoms with E-state index in [0.717, 1.165) is 28.8 Å². The number of aliphatic hydroxyl groups is 1. The Morgan fingerprint density at radius 3 is 3.00 bits per heavy atom. The molecule has 2 rings (SSSR count). The third-order valence-electron chi connectivity index (χ3n) is 2.41. The van der Waals surface area contributed by atoms with Crippen molar-refractivity contribution in [3.8, 4) is 0 Å². The smallest absolute Gasteiger partial charge is 0.111 e. The fraction of sp³-hybridized carbons (Fsp3) is 0.500. The van der Waals surface area contributed by atoms with Crippen molar-refractivity contribution >= 4 is 27.7 Å². The van der Waals surface area contributed by atoms with E-state index < -0.39 is 0 Å². The fourth-order valence-corrected chi connectivity index (χ4v) is 3.35. The topological polar surface area (TPSA) is 33.1 Å². The second-order valence-electron chi connectivity index (χ2n) is 3.44. The Morgan fingerprint density at radius 2 is 2.36 bits per heavy atom. The highest BCUT2D eigenvalue weighted by atomic mass is 79.9. The molecule has 2 atom stereocenters. The molecule has 1 N–H and O–H groups in total. The van der Waals surface area contributed by atoms with Gasteiger partial charge in [0, 0.05) is 15.9 Å². The standard InChI is InChI=1S/C10H12BrNOS/c11-7-3-2-6-12-10(7)14-9-5-1-4-8(9)13/h2-3,6,8-9,13H,1,4-5H2/t8-,9-/m1/s1. The van der Waals surface area contributed by atoms with E-state index in [-0.39, 0.29) is 6.10 Å². The second kappa shape index (κ2) is 4.64. The molecule has 0 radical (unpaired) electrons. The highest BCUT2D eigenvalue weighted by Crippen LogP contribution is 2.36. The molecule has 76 valence electrons. The minimum atomic E-state index is -0.158. The highest BCUT2D eigenvalue weighted by Gasteiger charge is 2.26. The predicted molar refractivity (Wildman–Crippen MR) is 61.4 cm³/mol. The molecule has 0 aliphatic heterocycles. The summed E-state index contributed by atoms with van der Waals surface area (Å²) in [7, 11) is 0. The zero-order valence-electron chi connectivity index (χ0n) is 7.69. The zero-order chi connectivity index (χ0) is 9.97. The summed E-state index contributed by atoms with van der Waals surface area (Å²) in [6.07, 6.45) is 4.78. The molecule has 1 fully saturated rings. The first kappa shape index (κ1) is 10.5. The molecule has 1 heterocycles. The molecular weight excluding hydrogens is 262 g/mol. The quantitative estimate of drug-likeness (QED) is 0.900. The average molecular weight is 274 g/mol. The van der Waals surface area contributed by atoms with Gasteiger partial charge in [-0.2, -0.15) is 0 Å². The summed E-state index contributed by atoms with van der Waals surface area (Å²) < 4.78 is 1.02. The third-order valence-corrected chi connectivity index (χ3v) is 4.71. The van der Waals surface area contributed by atoms with Crippen LogP contribution in [0, 0.1) is 0 Å². The number of nitrogens with zero attached hydrogens (tertiary/aromatic N) is 1. The Hall–Kier alpha value is -0.0600.